The van der Waals surface area contributed by atoms with E-state index in [4.69, 9.17) is 16.9 Å². The van der Waals surface area contributed by atoms with Gasteiger partial charge in [-0.25, -0.2) is 0 Å². The van der Waals surface area contributed by atoms with E-state index in [2.05, 4.69) is 11.4 Å². The molecule has 126 valence electrons. The Kier molecular flexibility index (Phi) is 5.01. The number of rotatable bonds is 4. The van der Waals surface area contributed by atoms with Crippen LogP contribution in [0.5, 0.6) is 0 Å². The number of hydrogen-bond acceptors (Lipinski definition) is 3. The first-order valence-corrected chi connectivity index (χ1v) is 8.27. The van der Waals surface area contributed by atoms with Crippen LogP contribution in [0.25, 0.3) is 0 Å². The molecule has 0 saturated carbocycles. The van der Waals surface area contributed by atoms with E-state index in [-0.39, 0.29) is 18.2 Å². The van der Waals surface area contributed by atoms with Gasteiger partial charge in [-0.2, -0.15) is 5.26 Å². The predicted octanol–water partition coefficient (Wildman–Crippen LogP) is 3.40. The molecular weight excluding hydrogens is 338 g/mol. The monoisotopic (exact) mass is 353 g/mol. The van der Waals surface area contributed by atoms with E-state index in [9.17, 15) is 9.59 Å². The summed E-state index contributed by atoms with van der Waals surface area (Å²) in [5.41, 5.74) is 2.25. The molecule has 1 fully saturated rings. The number of carbonyl (C=O) groups is 2. The highest BCUT2D eigenvalue weighted by Crippen LogP contribution is 2.27. The zero-order valence-corrected chi connectivity index (χ0v) is 14.2. The van der Waals surface area contributed by atoms with Crippen LogP contribution in [0.1, 0.15) is 12.0 Å². The molecule has 25 heavy (non-hydrogen) atoms. The largest absolute Gasteiger partial charge is 0.326 e. The molecule has 0 aromatic heterocycles. The first kappa shape index (κ1) is 17.0. The molecule has 1 heterocycles. The minimum Gasteiger partial charge on any atom is -0.326 e. The summed E-state index contributed by atoms with van der Waals surface area (Å²) in [5.74, 6) is -0.692. The van der Waals surface area contributed by atoms with Gasteiger partial charge in [-0.05, 0) is 35.9 Å². The molecule has 0 spiro atoms. The molecule has 1 N–H and O–H groups in total. The van der Waals surface area contributed by atoms with Gasteiger partial charge in [0, 0.05) is 29.4 Å². The Morgan fingerprint density at radius 3 is 2.72 bits per heavy atom. The van der Waals surface area contributed by atoms with E-state index in [0.29, 0.717) is 29.4 Å². The van der Waals surface area contributed by atoms with Crippen LogP contribution in [0.3, 0.4) is 0 Å². The third-order valence-corrected chi connectivity index (χ3v) is 4.36. The normalized spacial score (nSPS) is 16.6. The van der Waals surface area contributed by atoms with Crippen LogP contribution in [-0.4, -0.2) is 18.4 Å². The number of benzene rings is 2. The topological polar surface area (TPSA) is 73.2 Å². The zero-order chi connectivity index (χ0) is 17.8. The summed E-state index contributed by atoms with van der Waals surface area (Å²) < 4.78 is 0. The third-order valence-electron chi connectivity index (χ3n) is 4.12. The first-order chi connectivity index (χ1) is 12.1. The molecule has 1 aliphatic heterocycles. The van der Waals surface area contributed by atoms with Gasteiger partial charge in [0.1, 0.15) is 0 Å². The fourth-order valence-electron chi connectivity index (χ4n) is 2.82. The summed E-state index contributed by atoms with van der Waals surface area (Å²) in [5, 5.41) is 12.1. The number of nitriles is 1. The molecule has 6 heteroatoms. The van der Waals surface area contributed by atoms with E-state index in [0.717, 1.165) is 5.56 Å². The fourth-order valence-corrected chi connectivity index (χ4v) is 3.00. The lowest BCUT2D eigenvalue weighted by Crippen LogP contribution is -2.28. The van der Waals surface area contributed by atoms with Gasteiger partial charge >= 0.3 is 0 Å². The molecule has 1 saturated heterocycles. The highest BCUT2D eigenvalue weighted by Gasteiger charge is 2.35. The van der Waals surface area contributed by atoms with Crippen molar-refractivity contribution in [3.8, 4) is 6.07 Å². The van der Waals surface area contributed by atoms with Crippen LogP contribution in [0.2, 0.25) is 5.02 Å². The Balaban J connectivity index is 1.65. The van der Waals surface area contributed by atoms with Crippen LogP contribution in [-0.2, 0) is 16.0 Å². The fraction of sp³-hybridized carbons (Fsp3) is 0.211. The molecule has 1 aliphatic rings. The lowest BCUT2D eigenvalue weighted by molar-refractivity contribution is -0.122. The average molecular weight is 354 g/mol. The Morgan fingerprint density at radius 2 is 2.04 bits per heavy atom. The molecule has 0 bridgehead atoms. The summed E-state index contributed by atoms with van der Waals surface area (Å²) in [6, 6.07) is 16.2. The SMILES string of the molecule is N#CCc1ccc(NC(=O)C2CC(=O)N(c3cccc(Cl)c3)C2)cc1. The summed E-state index contributed by atoms with van der Waals surface area (Å²) in [6.07, 6.45) is 0.505. The van der Waals surface area contributed by atoms with Gasteiger partial charge in [0.25, 0.3) is 0 Å². The number of hydrogen-bond donors (Lipinski definition) is 1. The number of nitrogens with zero attached hydrogens (tertiary/aromatic N) is 2. The molecule has 5 nitrogen and oxygen atoms in total. The van der Waals surface area contributed by atoms with E-state index in [1.54, 1.807) is 53.4 Å². The smallest absolute Gasteiger partial charge is 0.229 e. The first-order valence-electron chi connectivity index (χ1n) is 7.89. The van der Waals surface area contributed by atoms with E-state index >= 15 is 0 Å². The molecule has 2 amide bonds. The van der Waals surface area contributed by atoms with Crippen molar-refractivity contribution in [1.29, 1.82) is 5.26 Å². The molecular formula is C19H16ClN3O2. The maximum atomic E-state index is 12.4. The van der Waals surface area contributed by atoms with Gasteiger partial charge in [-0.1, -0.05) is 29.8 Å². The molecule has 1 unspecified atom stereocenters. The maximum absolute atomic E-state index is 12.4. The maximum Gasteiger partial charge on any atom is 0.229 e. The quantitative estimate of drug-likeness (QED) is 0.915. The van der Waals surface area contributed by atoms with Crippen molar-refractivity contribution < 1.29 is 9.59 Å². The van der Waals surface area contributed by atoms with E-state index in [1.165, 1.54) is 0 Å². The standard InChI is InChI=1S/C19H16ClN3O2/c20-15-2-1-3-17(11-15)23-12-14(10-18(23)24)19(25)22-16-6-4-13(5-7-16)8-9-21/h1-7,11,14H,8,10,12H2,(H,22,25). The van der Waals surface area contributed by atoms with Crippen molar-refractivity contribution in [1.82, 2.24) is 0 Å². The minimum atomic E-state index is -0.412. The van der Waals surface area contributed by atoms with Crippen LogP contribution >= 0.6 is 11.6 Å². The molecule has 1 atom stereocenters. The van der Waals surface area contributed by atoms with Crippen molar-refractivity contribution in [2.75, 3.05) is 16.8 Å². The van der Waals surface area contributed by atoms with Gasteiger partial charge in [0.05, 0.1) is 18.4 Å². The van der Waals surface area contributed by atoms with Gasteiger partial charge in [-0.15, -0.1) is 0 Å². The second-order valence-corrected chi connectivity index (χ2v) is 6.34. The predicted molar refractivity (Wildman–Crippen MR) is 96.3 cm³/mol. The van der Waals surface area contributed by atoms with Crippen molar-refractivity contribution in [3.63, 3.8) is 0 Å². The van der Waals surface area contributed by atoms with Crippen LogP contribution in [0.15, 0.2) is 48.5 Å². The van der Waals surface area contributed by atoms with Crippen LogP contribution in [0, 0.1) is 17.2 Å². The lowest BCUT2D eigenvalue weighted by Gasteiger charge is -2.17. The van der Waals surface area contributed by atoms with E-state index < -0.39 is 5.92 Å². The summed E-state index contributed by atoms with van der Waals surface area (Å²) >= 11 is 5.98. The number of amides is 2. The molecule has 2 aromatic carbocycles. The second-order valence-electron chi connectivity index (χ2n) is 5.91. The van der Waals surface area contributed by atoms with Crippen molar-refractivity contribution in [2.24, 2.45) is 5.92 Å². The lowest BCUT2D eigenvalue weighted by atomic mass is 10.1. The van der Waals surface area contributed by atoms with Gasteiger partial charge in [0.2, 0.25) is 11.8 Å². The third kappa shape index (κ3) is 3.98. The number of halogens is 1. The van der Waals surface area contributed by atoms with Gasteiger partial charge < -0.3 is 10.2 Å². The molecule has 0 radical (unpaired) electrons. The molecule has 2 aromatic rings. The molecule has 0 aliphatic carbocycles. The summed E-state index contributed by atoms with van der Waals surface area (Å²) in [4.78, 5) is 26.3. The zero-order valence-electron chi connectivity index (χ0n) is 13.4. The summed E-state index contributed by atoms with van der Waals surface area (Å²) in [7, 11) is 0. The van der Waals surface area contributed by atoms with Crippen LogP contribution < -0.4 is 10.2 Å². The Bertz CT molecular complexity index is 842. The Morgan fingerprint density at radius 1 is 1.28 bits per heavy atom. The number of anilines is 2. The minimum absolute atomic E-state index is 0.0909. The van der Waals surface area contributed by atoms with Crippen molar-refractivity contribution in [3.05, 3.63) is 59.1 Å². The highest BCUT2D eigenvalue weighted by molar-refractivity contribution is 6.31. The number of carbonyl (C=O) groups excluding carboxylic acids is 2. The summed E-state index contributed by atoms with van der Waals surface area (Å²) in [6.45, 7) is 0.331. The van der Waals surface area contributed by atoms with Crippen molar-refractivity contribution in [2.45, 2.75) is 12.8 Å². The van der Waals surface area contributed by atoms with Crippen LogP contribution in [0.4, 0.5) is 11.4 Å². The molecule has 3 rings (SSSR count). The second kappa shape index (κ2) is 7.37. The van der Waals surface area contributed by atoms with Crippen molar-refractivity contribution >= 4 is 34.8 Å². The average Bonchev–Trinajstić information content (AvgIpc) is 2.99. The number of nitrogens with one attached hydrogen (secondary N) is 1. The highest BCUT2D eigenvalue weighted by atomic mass is 35.5. The van der Waals surface area contributed by atoms with Gasteiger partial charge in [-0.3, -0.25) is 9.59 Å². The van der Waals surface area contributed by atoms with E-state index in [1.807, 2.05) is 0 Å². The Hall–Kier alpha value is -2.84. The van der Waals surface area contributed by atoms with Gasteiger partial charge in [0.15, 0.2) is 0 Å². The Labute approximate surface area is 150 Å².